The topological polar surface area (TPSA) is 51.7 Å². The van der Waals surface area contributed by atoms with Crippen LogP contribution in [0.1, 0.15) is 10.4 Å². The van der Waals surface area contributed by atoms with Gasteiger partial charge in [0.2, 0.25) is 0 Å². The van der Waals surface area contributed by atoms with Gasteiger partial charge in [0.25, 0.3) is 11.8 Å². The van der Waals surface area contributed by atoms with Crippen LogP contribution >= 0.6 is 11.6 Å². The van der Waals surface area contributed by atoms with Crippen LogP contribution in [0.15, 0.2) is 6.07 Å². The number of ether oxygens (including phenoxy) is 1. The van der Waals surface area contributed by atoms with Crippen LogP contribution in [-0.4, -0.2) is 42.9 Å². The SMILES string of the molecule is CON(C)C(=O)c1cc(F)c(OCC(F)(F)F)nc1Cl. The normalized spacial score (nSPS) is 11.3. The number of rotatable bonds is 4. The highest BCUT2D eigenvalue weighted by Gasteiger charge is 2.30. The van der Waals surface area contributed by atoms with Gasteiger partial charge in [-0.25, -0.2) is 9.45 Å². The first kappa shape index (κ1) is 16.4. The molecule has 0 aliphatic carbocycles. The van der Waals surface area contributed by atoms with E-state index in [0.717, 1.165) is 5.06 Å². The van der Waals surface area contributed by atoms with Crippen LogP contribution in [0, 0.1) is 5.82 Å². The standard InChI is InChI=1S/C10H9ClF4N2O3/c1-17(19-2)9(18)5-3-6(12)8(16-7(5)11)20-4-10(13,14)15/h3H,4H2,1-2H3. The number of pyridine rings is 1. The molecule has 1 rings (SSSR count). The second-order valence-electron chi connectivity index (χ2n) is 3.50. The highest BCUT2D eigenvalue weighted by molar-refractivity contribution is 6.32. The zero-order chi connectivity index (χ0) is 15.5. The minimum atomic E-state index is -4.65. The molecule has 0 aromatic carbocycles. The molecule has 1 aromatic heterocycles. The van der Waals surface area contributed by atoms with Gasteiger partial charge in [-0.15, -0.1) is 0 Å². The van der Waals surface area contributed by atoms with Gasteiger partial charge in [0.1, 0.15) is 5.15 Å². The molecule has 112 valence electrons. The van der Waals surface area contributed by atoms with Crippen molar-refractivity contribution in [1.82, 2.24) is 10.0 Å². The number of hydrogen-bond donors (Lipinski definition) is 0. The molecule has 0 spiro atoms. The van der Waals surface area contributed by atoms with E-state index in [9.17, 15) is 22.4 Å². The summed E-state index contributed by atoms with van der Waals surface area (Å²) in [7, 11) is 2.43. The Morgan fingerprint density at radius 1 is 1.50 bits per heavy atom. The predicted octanol–water partition coefficient (Wildman–Crippen LogP) is 2.45. The Bertz CT molecular complexity index is 510. The zero-order valence-electron chi connectivity index (χ0n) is 10.3. The monoisotopic (exact) mass is 316 g/mol. The molecule has 0 bridgehead atoms. The molecule has 0 unspecified atom stereocenters. The van der Waals surface area contributed by atoms with E-state index >= 15 is 0 Å². The number of amides is 1. The Labute approximate surface area is 116 Å². The zero-order valence-corrected chi connectivity index (χ0v) is 11.0. The van der Waals surface area contributed by atoms with Gasteiger partial charge in [-0.2, -0.15) is 18.2 Å². The van der Waals surface area contributed by atoms with Crippen LogP contribution < -0.4 is 4.74 Å². The van der Waals surface area contributed by atoms with Gasteiger partial charge in [-0.3, -0.25) is 9.63 Å². The van der Waals surface area contributed by atoms with E-state index in [2.05, 4.69) is 14.6 Å². The average molecular weight is 317 g/mol. The average Bonchev–Trinajstić information content (AvgIpc) is 2.36. The van der Waals surface area contributed by atoms with Crippen LogP contribution in [0.25, 0.3) is 0 Å². The number of hydroxylamine groups is 2. The Morgan fingerprint density at radius 3 is 2.60 bits per heavy atom. The van der Waals surface area contributed by atoms with Gasteiger partial charge in [-0.05, 0) is 6.07 Å². The van der Waals surface area contributed by atoms with Crippen molar-refractivity contribution in [1.29, 1.82) is 0 Å². The molecule has 5 nitrogen and oxygen atoms in total. The van der Waals surface area contributed by atoms with Crippen LogP contribution in [0.5, 0.6) is 5.88 Å². The second kappa shape index (κ2) is 6.23. The highest BCUT2D eigenvalue weighted by atomic mass is 35.5. The number of hydrogen-bond acceptors (Lipinski definition) is 4. The fourth-order valence-electron chi connectivity index (χ4n) is 1.10. The summed E-state index contributed by atoms with van der Waals surface area (Å²) in [5, 5.41) is 0.246. The van der Waals surface area contributed by atoms with Gasteiger partial charge in [-0.1, -0.05) is 11.6 Å². The first-order valence-corrected chi connectivity index (χ1v) is 5.41. The minimum Gasteiger partial charge on any atom is -0.466 e. The summed E-state index contributed by atoms with van der Waals surface area (Å²) in [6.45, 7) is -1.72. The lowest BCUT2D eigenvalue weighted by Crippen LogP contribution is -2.26. The van der Waals surface area contributed by atoms with E-state index in [1.807, 2.05) is 0 Å². The maximum absolute atomic E-state index is 13.5. The molecule has 0 aliphatic heterocycles. The van der Waals surface area contributed by atoms with Crippen molar-refractivity contribution >= 4 is 17.5 Å². The molecule has 10 heteroatoms. The Balaban J connectivity index is 3.00. The first-order valence-electron chi connectivity index (χ1n) is 5.03. The van der Waals surface area contributed by atoms with E-state index in [1.165, 1.54) is 14.2 Å². The Hall–Kier alpha value is -1.61. The van der Waals surface area contributed by atoms with Crippen LogP contribution in [0.4, 0.5) is 17.6 Å². The summed E-state index contributed by atoms with van der Waals surface area (Å²) in [6, 6.07) is 0.624. The lowest BCUT2D eigenvalue weighted by Gasteiger charge is -2.15. The number of halogens is 5. The van der Waals surface area contributed by atoms with Gasteiger partial charge in [0.05, 0.1) is 12.7 Å². The summed E-state index contributed by atoms with van der Waals surface area (Å²) < 4.78 is 53.5. The van der Waals surface area contributed by atoms with Gasteiger partial charge >= 0.3 is 6.18 Å². The largest absolute Gasteiger partial charge is 0.466 e. The molecular weight excluding hydrogens is 308 g/mol. The Morgan fingerprint density at radius 2 is 2.10 bits per heavy atom. The molecule has 0 saturated carbocycles. The number of nitrogens with zero attached hydrogens (tertiary/aromatic N) is 2. The molecular formula is C10H9ClF4N2O3. The molecule has 0 atom stereocenters. The first-order chi connectivity index (χ1) is 9.15. The third-order valence-electron chi connectivity index (χ3n) is 2.06. The van der Waals surface area contributed by atoms with E-state index in [1.54, 1.807) is 0 Å². The maximum atomic E-state index is 13.5. The summed E-state index contributed by atoms with van der Waals surface area (Å²) >= 11 is 5.61. The molecule has 0 saturated heterocycles. The smallest absolute Gasteiger partial charge is 0.422 e. The van der Waals surface area contributed by atoms with Crippen molar-refractivity contribution in [3.05, 3.63) is 22.6 Å². The molecule has 1 aromatic rings. The molecule has 0 radical (unpaired) electrons. The molecule has 0 N–H and O–H groups in total. The molecule has 0 fully saturated rings. The predicted molar refractivity (Wildman–Crippen MR) is 59.9 cm³/mol. The highest BCUT2D eigenvalue weighted by Crippen LogP contribution is 2.25. The number of alkyl halides is 3. The van der Waals surface area contributed by atoms with Crippen LogP contribution in [0.2, 0.25) is 5.15 Å². The summed E-state index contributed by atoms with van der Waals surface area (Å²) in [5.74, 6) is -3.00. The van der Waals surface area contributed by atoms with Crippen molar-refractivity contribution in [2.75, 3.05) is 20.8 Å². The van der Waals surface area contributed by atoms with E-state index < -0.39 is 35.5 Å². The van der Waals surface area contributed by atoms with Crippen LogP contribution in [-0.2, 0) is 4.84 Å². The molecule has 1 heterocycles. The molecule has 0 aliphatic rings. The fourth-order valence-corrected chi connectivity index (χ4v) is 1.32. The van der Waals surface area contributed by atoms with Crippen molar-refractivity contribution < 1.29 is 31.9 Å². The van der Waals surface area contributed by atoms with Gasteiger partial charge in [0, 0.05) is 7.05 Å². The number of carbonyl (C=O) groups excluding carboxylic acids is 1. The van der Waals surface area contributed by atoms with Crippen LogP contribution in [0.3, 0.4) is 0 Å². The lowest BCUT2D eigenvalue weighted by molar-refractivity contribution is -0.154. The number of carbonyl (C=O) groups is 1. The number of aromatic nitrogens is 1. The third-order valence-corrected chi connectivity index (χ3v) is 2.35. The summed E-state index contributed by atoms with van der Waals surface area (Å²) in [6.07, 6.45) is -4.65. The van der Waals surface area contributed by atoms with E-state index in [4.69, 9.17) is 11.6 Å². The quantitative estimate of drug-likeness (QED) is 0.486. The van der Waals surface area contributed by atoms with E-state index in [-0.39, 0.29) is 5.56 Å². The third kappa shape index (κ3) is 4.20. The van der Waals surface area contributed by atoms with Crippen molar-refractivity contribution in [3.63, 3.8) is 0 Å². The van der Waals surface area contributed by atoms with Gasteiger partial charge < -0.3 is 4.74 Å². The Kier molecular flexibility index (Phi) is 5.12. The van der Waals surface area contributed by atoms with E-state index in [0.29, 0.717) is 6.07 Å². The molecule has 20 heavy (non-hydrogen) atoms. The fraction of sp³-hybridized carbons (Fsp3) is 0.400. The van der Waals surface area contributed by atoms with Crippen molar-refractivity contribution in [3.8, 4) is 5.88 Å². The maximum Gasteiger partial charge on any atom is 0.422 e. The minimum absolute atomic E-state index is 0.368. The summed E-state index contributed by atoms with van der Waals surface area (Å²) in [5.41, 5.74) is -0.368. The summed E-state index contributed by atoms with van der Waals surface area (Å²) in [4.78, 5) is 19.5. The van der Waals surface area contributed by atoms with Gasteiger partial charge in [0.15, 0.2) is 12.4 Å². The molecule has 1 amide bonds. The lowest BCUT2D eigenvalue weighted by atomic mass is 10.2. The second-order valence-corrected chi connectivity index (χ2v) is 3.86. The van der Waals surface area contributed by atoms with Crippen molar-refractivity contribution in [2.24, 2.45) is 0 Å². The van der Waals surface area contributed by atoms with Crippen molar-refractivity contribution in [2.45, 2.75) is 6.18 Å².